The second kappa shape index (κ2) is 9.52. The van der Waals surface area contributed by atoms with Crippen molar-refractivity contribution in [2.75, 3.05) is 18.4 Å². The van der Waals surface area contributed by atoms with E-state index < -0.39 is 12.5 Å². The first-order valence-electron chi connectivity index (χ1n) is 9.06. The van der Waals surface area contributed by atoms with Gasteiger partial charge in [-0.05, 0) is 43.2 Å². The molecule has 1 aliphatic rings. The molecule has 0 aliphatic carbocycles. The number of rotatable bonds is 6. The summed E-state index contributed by atoms with van der Waals surface area (Å²) < 4.78 is 29.4. The molecule has 1 N–H and O–H groups in total. The fraction of sp³-hybridized carbons (Fsp3) is 0.238. The van der Waals surface area contributed by atoms with Gasteiger partial charge in [0, 0.05) is 29.8 Å². The Hall–Kier alpha value is -2.93. The van der Waals surface area contributed by atoms with Gasteiger partial charge in [0.05, 0.1) is 11.3 Å². The lowest BCUT2D eigenvalue weighted by Gasteiger charge is -2.18. The molecule has 3 rings (SSSR count). The summed E-state index contributed by atoms with van der Waals surface area (Å²) in [5.74, 6) is -0.752. The fourth-order valence-electron chi connectivity index (χ4n) is 3.05. The van der Waals surface area contributed by atoms with Gasteiger partial charge in [0.15, 0.2) is 0 Å². The van der Waals surface area contributed by atoms with Crippen LogP contribution in [0.5, 0.6) is 5.75 Å². The van der Waals surface area contributed by atoms with Gasteiger partial charge in [0.25, 0.3) is 5.91 Å². The third kappa shape index (κ3) is 5.54. The van der Waals surface area contributed by atoms with Crippen LogP contribution in [0.25, 0.3) is 6.08 Å². The number of hydrogen-bond acceptors (Lipinski definition) is 3. The molecule has 1 aliphatic heterocycles. The van der Waals surface area contributed by atoms with E-state index in [9.17, 15) is 18.4 Å². The summed E-state index contributed by atoms with van der Waals surface area (Å²) in [5.41, 5.74) is 0.966. The molecular weight excluding hydrogens is 402 g/mol. The van der Waals surface area contributed by atoms with Gasteiger partial charge in [-0.2, -0.15) is 8.78 Å². The minimum absolute atomic E-state index is 0.0389. The molecule has 1 heterocycles. The van der Waals surface area contributed by atoms with Crippen molar-refractivity contribution in [1.29, 1.82) is 0 Å². The summed E-state index contributed by atoms with van der Waals surface area (Å²) in [6.45, 7) is -1.63. The molecule has 0 radical (unpaired) electrons. The third-order valence-electron chi connectivity index (χ3n) is 4.41. The summed E-state index contributed by atoms with van der Waals surface area (Å²) >= 11 is 6.03. The largest absolute Gasteiger partial charge is 0.434 e. The van der Waals surface area contributed by atoms with Gasteiger partial charge < -0.3 is 15.0 Å². The van der Waals surface area contributed by atoms with Crippen LogP contribution >= 0.6 is 11.6 Å². The first kappa shape index (κ1) is 20.8. The van der Waals surface area contributed by atoms with Crippen LogP contribution in [-0.4, -0.2) is 36.4 Å². The highest BCUT2D eigenvalue weighted by Gasteiger charge is 2.22. The summed E-state index contributed by atoms with van der Waals surface area (Å²) in [7, 11) is 0. The summed E-state index contributed by atoms with van der Waals surface area (Å²) in [6.07, 6.45) is 4.44. The number of alkyl halides is 2. The first-order chi connectivity index (χ1) is 13.9. The monoisotopic (exact) mass is 420 g/mol. The van der Waals surface area contributed by atoms with Crippen molar-refractivity contribution in [3.8, 4) is 5.75 Å². The minimum atomic E-state index is -2.97. The summed E-state index contributed by atoms with van der Waals surface area (Å²) in [5, 5.41) is 3.04. The highest BCUT2D eigenvalue weighted by Crippen LogP contribution is 2.25. The SMILES string of the molecule is O=C(C=Cc1ccccc1OC(F)F)Nc1ccc(Cl)cc1C(=O)N1CCCC1. The molecule has 5 nitrogen and oxygen atoms in total. The number of ether oxygens (including phenoxy) is 1. The van der Waals surface area contributed by atoms with Crippen LogP contribution in [-0.2, 0) is 4.79 Å². The second-order valence-electron chi connectivity index (χ2n) is 6.43. The summed E-state index contributed by atoms with van der Waals surface area (Å²) in [6, 6.07) is 10.8. The van der Waals surface area contributed by atoms with Crippen molar-refractivity contribution in [2.45, 2.75) is 19.5 Å². The van der Waals surface area contributed by atoms with E-state index in [4.69, 9.17) is 11.6 Å². The zero-order valence-corrected chi connectivity index (χ0v) is 16.2. The molecule has 0 spiro atoms. The van der Waals surface area contributed by atoms with Crippen molar-refractivity contribution < 1.29 is 23.1 Å². The van der Waals surface area contributed by atoms with Crippen LogP contribution in [0.4, 0.5) is 14.5 Å². The van der Waals surface area contributed by atoms with E-state index in [-0.39, 0.29) is 11.7 Å². The fourth-order valence-corrected chi connectivity index (χ4v) is 3.23. The lowest BCUT2D eigenvalue weighted by atomic mass is 10.1. The molecule has 1 saturated heterocycles. The van der Waals surface area contributed by atoms with Gasteiger partial charge in [-0.15, -0.1) is 0 Å². The van der Waals surface area contributed by atoms with Crippen LogP contribution in [0.1, 0.15) is 28.8 Å². The third-order valence-corrected chi connectivity index (χ3v) is 4.65. The van der Waals surface area contributed by atoms with Crippen LogP contribution in [0.2, 0.25) is 5.02 Å². The van der Waals surface area contributed by atoms with Crippen molar-refractivity contribution in [3.05, 3.63) is 64.7 Å². The van der Waals surface area contributed by atoms with E-state index in [1.165, 1.54) is 24.3 Å². The van der Waals surface area contributed by atoms with E-state index in [2.05, 4.69) is 10.1 Å². The highest BCUT2D eigenvalue weighted by molar-refractivity contribution is 6.31. The molecule has 0 unspecified atom stereocenters. The van der Waals surface area contributed by atoms with Gasteiger partial charge in [0.1, 0.15) is 5.75 Å². The van der Waals surface area contributed by atoms with E-state index in [0.29, 0.717) is 34.9 Å². The lowest BCUT2D eigenvalue weighted by molar-refractivity contribution is -0.111. The number of likely N-dealkylation sites (tertiary alicyclic amines) is 1. The Morgan fingerprint density at radius 2 is 1.86 bits per heavy atom. The first-order valence-corrected chi connectivity index (χ1v) is 9.43. The smallest absolute Gasteiger partial charge is 0.387 e. The van der Waals surface area contributed by atoms with Crippen molar-refractivity contribution in [2.24, 2.45) is 0 Å². The molecule has 0 aromatic heterocycles. The quantitative estimate of drug-likeness (QED) is 0.681. The number of nitrogens with one attached hydrogen (secondary N) is 1. The summed E-state index contributed by atoms with van der Waals surface area (Å²) in [4.78, 5) is 26.8. The second-order valence-corrected chi connectivity index (χ2v) is 6.86. The topological polar surface area (TPSA) is 58.6 Å². The van der Waals surface area contributed by atoms with E-state index in [1.807, 2.05) is 0 Å². The van der Waals surface area contributed by atoms with Crippen LogP contribution < -0.4 is 10.1 Å². The number of para-hydroxylation sites is 1. The molecule has 0 saturated carbocycles. The van der Waals surface area contributed by atoms with Gasteiger partial charge in [-0.3, -0.25) is 9.59 Å². The van der Waals surface area contributed by atoms with Crippen LogP contribution in [0, 0.1) is 0 Å². The Morgan fingerprint density at radius 1 is 1.14 bits per heavy atom. The standard InChI is InChI=1S/C21H19ClF2N2O3/c22-15-8-9-17(16(13-15)20(28)26-11-3-4-12-26)25-19(27)10-7-14-5-1-2-6-18(14)29-21(23)24/h1-2,5-10,13,21H,3-4,11-12H2,(H,25,27). The Morgan fingerprint density at radius 3 is 2.59 bits per heavy atom. The van der Waals surface area contributed by atoms with E-state index in [1.54, 1.807) is 35.2 Å². The van der Waals surface area contributed by atoms with Crippen molar-refractivity contribution in [3.63, 3.8) is 0 Å². The molecule has 2 amide bonds. The Kier molecular flexibility index (Phi) is 6.82. The molecule has 152 valence electrons. The molecule has 1 fully saturated rings. The number of carbonyl (C=O) groups excluding carboxylic acids is 2. The van der Waals surface area contributed by atoms with Gasteiger partial charge in [-0.25, -0.2) is 0 Å². The maximum atomic E-state index is 12.7. The zero-order chi connectivity index (χ0) is 20.8. The number of benzene rings is 2. The zero-order valence-electron chi connectivity index (χ0n) is 15.4. The number of hydrogen-bond donors (Lipinski definition) is 1. The molecule has 2 aromatic carbocycles. The van der Waals surface area contributed by atoms with Crippen LogP contribution in [0.15, 0.2) is 48.5 Å². The number of nitrogens with zero attached hydrogens (tertiary/aromatic N) is 1. The predicted molar refractivity (Wildman–Crippen MR) is 107 cm³/mol. The Labute approximate surface area is 171 Å². The predicted octanol–water partition coefficient (Wildman–Crippen LogP) is 4.83. The van der Waals surface area contributed by atoms with Gasteiger partial charge in [0.2, 0.25) is 5.91 Å². The molecule has 0 bridgehead atoms. The molecule has 8 heteroatoms. The average molecular weight is 421 g/mol. The lowest BCUT2D eigenvalue weighted by Crippen LogP contribution is -2.28. The van der Waals surface area contributed by atoms with E-state index >= 15 is 0 Å². The highest BCUT2D eigenvalue weighted by atomic mass is 35.5. The number of anilines is 1. The molecule has 0 atom stereocenters. The molecule has 2 aromatic rings. The minimum Gasteiger partial charge on any atom is -0.434 e. The van der Waals surface area contributed by atoms with E-state index in [0.717, 1.165) is 12.8 Å². The number of carbonyl (C=O) groups is 2. The maximum absolute atomic E-state index is 12.7. The Bertz CT molecular complexity index is 928. The van der Waals surface area contributed by atoms with Crippen molar-refractivity contribution >= 4 is 35.2 Å². The number of amides is 2. The maximum Gasteiger partial charge on any atom is 0.387 e. The van der Waals surface area contributed by atoms with Crippen molar-refractivity contribution in [1.82, 2.24) is 4.90 Å². The average Bonchev–Trinajstić information content (AvgIpc) is 3.22. The number of halogens is 3. The van der Waals surface area contributed by atoms with Crippen LogP contribution in [0.3, 0.4) is 0 Å². The van der Waals surface area contributed by atoms with Gasteiger partial charge in [-0.1, -0.05) is 29.8 Å². The molecule has 29 heavy (non-hydrogen) atoms. The normalized spacial score (nSPS) is 13.9. The van der Waals surface area contributed by atoms with Gasteiger partial charge >= 0.3 is 6.61 Å². The Balaban J connectivity index is 1.76. The molecular formula is C21H19ClF2N2O3.